The number of H-pyrrole nitrogens is 1. The van der Waals surface area contributed by atoms with Gasteiger partial charge in [0.1, 0.15) is 10.6 Å². The average molecular weight is 432 g/mol. The second-order valence-corrected chi connectivity index (χ2v) is 9.62. The Balaban J connectivity index is 1.45. The maximum absolute atomic E-state index is 13.1. The van der Waals surface area contributed by atoms with Gasteiger partial charge in [-0.25, -0.2) is 8.42 Å². The number of anilines is 1. The first-order valence-electron chi connectivity index (χ1n) is 10.1. The first-order valence-corrected chi connectivity index (χ1v) is 11.6. The Kier molecular flexibility index (Phi) is 5.87. The summed E-state index contributed by atoms with van der Waals surface area (Å²) in [5.74, 6) is -0.846. The Labute approximate surface area is 175 Å². The second-order valence-electron chi connectivity index (χ2n) is 7.68. The summed E-state index contributed by atoms with van der Waals surface area (Å²) in [6.45, 7) is 1.84. The zero-order valence-electron chi connectivity index (χ0n) is 16.6. The number of amides is 2. The van der Waals surface area contributed by atoms with Crippen LogP contribution in [-0.4, -0.2) is 65.6 Å². The molecule has 2 aliphatic rings. The topological polar surface area (TPSA) is 115 Å². The molecule has 2 saturated heterocycles. The maximum atomic E-state index is 13.1. The van der Waals surface area contributed by atoms with Crippen molar-refractivity contribution in [3.8, 4) is 0 Å². The van der Waals surface area contributed by atoms with E-state index in [1.54, 1.807) is 29.4 Å². The Morgan fingerprint density at radius 1 is 1.17 bits per heavy atom. The molecule has 0 unspecified atom stereocenters. The molecule has 2 aromatic rings. The van der Waals surface area contributed by atoms with E-state index in [1.165, 1.54) is 16.6 Å². The molecular formula is C20H25N5O4S. The normalized spacial score (nSPS) is 20.3. The molecule has 2 aromatic heterocycles. The SMILES string of the molecule is O=C(Nc1cccnc1)[C@@H]1CCCN(S(=O)(=O)c2c[nH]c(C(=O)N3CCCC3)c2)C1. The molecular weight excluding hydrogens is 406 g/mol. The molecule has 2 amide bonds. The number of carbonyl (C=O) groups is 2. The maximum Gasteiger partial charge on any atom is 0.270 e. The molecule has 0 radical (unpaired) electrons. The van der Waals surface area contributed by atoms with Crippen LogP contribution >= 0.6 is 0 Å². The third-order valence-corrected chi connectivity index (χ3v) is 7.44. The van der Waals surface area contributed by atoms with E-state index in [0.29, 0.717) is 38.2 Å². The number of aromatic amines is 1. The molecule has 0 aromatic carbocycles. The Hall–Kier alpha value is -2.72. The van der Waals surface area contributed by atoms with Crippen LogP contribution in [0.4, 0.5) is 5.69 Å². The number of sulfonamides is 1. The molecule has 0 bridgehead atoms. The molecule has 4 rings (SSSR count). The fourth-order valence-electron chi connectivity index (χ4n) is 3.94. The van der Waals surface area contributed by atoms with E-state index < -0.39 is 15.9 Å². The lowest BCUT2D eigenvalue weighted by Gasteiger charge is -2.30. The second kappa shape index (κ2) is 8.57. The molecule has 10 heteroatoms. The molecule has 0 spiro atoms. The minimum absolute atomic E-state index is 0.0540. The van der Waals surface area contributed by atoms with E-state index in [0.717, 1.165) is 12.8 Å². The van der Waals surface area contributed by atoms with Crippen LogP contribution in [0.2, 0.25) is 0 Å². The van der Waals surface area contributed by atoms with Crippen LogP contribution in [-0.2, 0) is 14.8 Å². The van der Waals surface area contributed by atoms with Crippen molar-refractivity contribution in [1.82, 2.24) is 19.2 Å². The van der Waals surface area contributed by atoms with Crippen LogP contribution in [0.5, 0.6) is 0 Å². The van der Waals surface area contributed by atoms with Gasteiger partial charge in [-0.15, -0.1) is 0 Å². The van der Waals surface area contributed by atoms with Crippen molar-refractivity contribution in [2.45, 2.75) is 30.6 Å². The van der Waals surface area contributed by atoms with Gasteiger partial charge in [-0.2, -0.15) is 4.31 Å². The largest absolute Gasteiger partial charge is 0.356 e. The molecule has 4 heterocycles. The van der Waals surface area contributed by atoms with E-state index in [9.17, 15) is 18.0 Å². The summed E-state index contributed by atoms with van der Waals surface area (Å²) in [4.78, 5) is 33.7. The van der Waals surface area contributed by atoms with Crippen LogP contribution in [0, 0.1) is 5.92 Å². The number of carbonyl (C=O) groups excluding carboxylic acids is 2. The lowest BCUT2D eigenvalue weighted by atomic mass is 9.99. The van der Waals surface area contributed by atoms with Gasteiger partial charge in [-0.05, 0) is 43.9 Å². The highest BCUT2D eigenvalue weighted by Crippen LogP contribution is 2.25. The molecule has 0 saturated carbocycles. The van der Waals surface area contributed by atoms with Crippen molar-refractivity contribution in [2.24, 2.45) is 5.92 Å². The zero-order chi connectivity index (χ0) is 21.1. The number of nitrogens with one attached hydrogen (secondary N) is 2. The number of pyridine rings is 1. The van der Waals surface area contributed by atoms with E-state index >= 15 is 0 Å². The van der Waals surface area contributed by atoms with Crippen LogP contribution < -0.4 is 5.32 Å². The lowest BCUT2D eigenvalue weighted by molar-refractivity contribution is -0.120. The third-order valence-electron chi connectivity index (χ3n) is 5.60. The summed E-state index contributed by atoms with van der Waals surface area (Å²) in [6.07, 6.45) is 7.66. The van der Waals surface area contributed by atoms with E-state index in [4.69, 9.17) is 0 Å². The highest BCUT2D eigenvalue weighted by molar-refractivity contribution is 7.89. The lowest BCUT2D eigenvalue weighted by Crippen LogP contribution is -2.43. The number of piperidine rings is 1. The Morgan fingerprint density at radius 2 is 1.97 bits per heavy atom. The number of rotatable bonds is 5. The smallest absolute Gasteiger partial charge is 0.270 e. The Bertz CT molecular complexity index is 1010. The van der Waals surface area contributed by atoms with Gasteiger partial charge in [0.05, 0.1) is 17.8 Å². The predicted molar refractivity (Wildman–Crippen MR) is 110 cm³/mol. The summed E-state index contributed by atoms with van der Waals surface area (Å²) in [6, 6.07) is 4.86. The average Bonchev–Trinajstić information content (AvgIpc) is 3.47. The van der Waals surface area contributed by atoms with Gasteiger partial charge < -0.3 is 15.2 Å². The predicted octanol–water partition coefficient (Wildman–Crippen LogP) is 1.69. The van der Waals surface area contributed by atoms with E-state index in [1.807, 2.05) is 0 Å². The molecule has 2 aliphatic heterocycles. The van der Waals surface area contributed by atoms with Crippen LogP contribution in [0.1, 0.15) is 36.2 Å². The molecule has 2 N–H and O–H groups in total. The quantitative estimate of drug-likeness (QED) is 0.747. The van der Waals surface area contributed by atoms with Crippen LogP contribution in [0.3, 0.4) is 0 Å². The van der Waals surface area contributed by atoms with Crippen molar-refractivity contribution >= 4 is 27.5 Å². The van der Waals surface area contributed by atoms with Crippen LogP contribution in [0.15, 0.2) is 41.7 Å². The summed E-state index contributed by atoms with van der Waals surface area (Å²) in [5.41, 5.74) is 0.858. The van der Waals surface area contributed by atoms with Gasteiger partial charge in [-0.3, -0.25) is 14.6 Å². The van der Waals surface area contributed by atoms with Crippen LogP contribution in [0.25, 0.3) is 0 Å². The standard InChI is InChI=1S/C20H25N5O4S/c26-19(23-16-6-3-7-21-12-16)15-5-4-10-25(14-15)30(28,29)17-11-18(22-13-17)20(27)24-8-1-2-9-24/h3,6-7,11-13,15,22H,1-2,4-5,8-10,14H2,(H,23,26)/t15-/m1/s1. The summed E-state index contributed by atoms with van der Waals surface area (Å²) in [7, 11) is -3.80. The number of nitrogens with zero attached hydrogens (tertiary/aromatic N) is 3. The van der Waals surface area contributed by atoms with Crippen molar-refractivity contribution < 1.29 is 18.0 Å². The highest BCUT2D eigenvalue weighted by atomic mass is 32.2. The number of hydrogen-bond acceptors (Lipinski definition) is 5. The monoisotopic (exact) mass is 431 g/mol. The van der Waals surface area contributed by atoms with Crippen molar-refractivity contribution in [1.29, 1.82) is 0 Å². The highest BCUT2D eigenvalue weighted by Gasteiger charge is 2.34. The minimum atomic E-state index is -3.80. The van der Waals surface area contributed by atoms with Crippen molar-refractivity contribution in [2.75, 3.05) is 31.5 Å². The van der Waals surface area contributed by atoms with Gasteiger partial charge in [0.25, 0.3) is 5.91 Å². The van der Waals surface area contributed by atoms with Gasteiger partial charge in [0.2, 0.25) is 15.9 Å². The van der Waals surface area contributed by atoms with Gasteiger partial charge in [-0.1, -0.05) is 0 Å². The zero-order valence-corrected chi connectivity index (χ0v) is 17.4. The molecule has 0 aliphatic carbocycles. The fraction of sp³-hybridized carbons (Fsp3) is 0.450. The van der Waals surface area contributed by atoms with Gasteiger partial charge >= 0.3 is 0 Å². The van der Waals surface area contributed by atoms with E-state index in [2.05, 4.69) is 15.3 Å². The number of hydrogen-bond donors (Lipinski definition) is 2. The third kappa shape index (κ3) is 4.24. The molecule has 1 atom stereocenters. The number of aromatic nitrogens is 2. The first kappa shape index (κ1) is 20.5. The fourth-order valence-corrected chi connectivity index (χ4v) is 5.46. The van der Waals surface area contributed by atoms with Crippen molar-refractivity contribution in [3.63, 3.8) is 0 Å². The van der Waals surface area contributed by atoms with Gasteiger partial charge in [0.15, 0.2) is 0 Å². The molecule has 9 nitrogen and oxygen atoms in total. The minimum Gasteiger partial charge on any atom is -0.356 e. The number of likely N-dealkylation sites (tertiary alicyclic amines) is 1. The Morgan fingerprint density at radius 3 is 2.70 bits per heavy atom. The first-order chi connectivity index (χ1) is 14.4. The van der Waals surface area contributed by atoms with Crippen molar-refractivity contribution in [3.05, 3.63) is 42.5 Å². The summed E-state index contributed by atoms with van der Waals surface area (Å²) in [5, 5.41) is 2.79. The molecule has 160 valence electrons. The summed E-state index contributed by atoms with van der Waals surface area (Å²) >= 11 is 0. The molecule has 2 fully saturated rings. The summed E-state index contributed by atoms with van der Waals surface area (Å²) < 4.78 is 27.6. The van der Waals surface area contributed by atoms with Gasteiger partial charge in [0, 0.05) is 38.6 Å². The van der Waals surface area contributed by atoms with E-state index in [-0.39, 0.29) is 28.9 Å². The molecule has 30 heavy (non-hydrogen) atoms.